The maximum absolute atomic E-state index is 9.66. The number of aliphatic hydroxyl groups is 1. The van der Waals surface area contributed by atoms with Crippen molar-refractivity contribution in [2.45, 2.75) is 52.6 Å². The molecule has 1 rings (SSSR count). The molecular weight excluding hydrogens is 188 g/mol. The van der Waals surface area contributed by atoms with Crippen LogP contribution in [0.4, 0.5) is 0 Å². The Morgan fingerprint density at radius 3 is 2.47 bits per heavy atom. The van der Waals surface area contributed by atoms with Crippen LogP contribution >= 0.6 is 0 Å². The van der Waals surface area contributed by atoms with Crippen LogP contribution in [-0.4, -0.2) is 21.2 Å². The van der Waals surface area contributed by atoms with Gasteiger partial charge in [0.05, 0.1) is 6.10 Å². The molecule has 0 amide bonds. The largest absolute Gasteiger partial charge is 0.393 e. The second-order valence-electron chi connectivity index (χ2n) is 3.94. The first-order chi connectivity index (χ1) is 7.08. The van der Waals surface area contributed by atoms with Crippen LogP contribution in [0.2, 0.25) is 0 Å². The number of aromatic nitrogens is 2. The molecule has 1 N–H and O–H groups in total. The van der Waals surface area contributed by atoms with Crippen LogP contribution in [0, 0.1) is 6.92 Å². The monoisotopic (exact) mass is 208 g/mol. The topological polar surface area (TPSA) is 46.0 Å². The average molecular weight is 208 g/mol. The van der Waals surface area contributed by atoms with Crippen molar-refractivity contribution in [3.05, 3.63) is 23.3 Å². The van der Waals surface area contributed by atoms with E-state index in [-0.39, 0.29) is 12.0 Å². The highest BCUT2D eigenvalue weighted by Gasteiger charge is 2.17. The van der Waals surface area contributed by atoms with Gasteiger partial charge in [-0.2, -0.15) is 0 Å². The molecule has 3 heteroatoms. The maximum Gasteiger partial charge on any atom is 0.125 e. The standard InChI is InChI=1S/C12H20N2O/c1-5-10-7-12(14-9(4)13-10)11(6-2)8(3)15/h7-8,11,15H,5-6H2,1-4H3. The van der Waals surface area contributed by atoms with E-state index in [0.29, 0.717) is 0 Å². The Hall–Kier alpha value is -0.960. The van der Waals surface area contributed by atoms with Gasteiger partial charge >= 0.3 is 0 Å². The third-order valence-electron chi connectivity index (χ3n) is 2.68. The zero-order valence-electron chi connectivity index (χ0n) is 9.99. The minimum atomic E-state index is -0.353. The average Bonchev–Trinajstić information content (AvgIpc) is 2.17. The predicted molar refractivity (Wildman–Crippen MR) is 60.9 cm³/mol. The molecule has 84 valence electrons. The molecule has 0 aliphatic heterocycles. The van der Waals surface area contributed by atoms with Crippen LogP contribution in [0.25, 0.3) is 0 Å². The smallest absolute Gasteiger partial charge is 0.125 e. The first-order valence-corrected chi connectivity index (χ1v) is 5.61. The summed E-state index contributed by atoms with van der Waals surface area (Å²) in [6.07, 6.45) is 1.46. The molecule has 1 aromatic rings. The third-order valence-corrected chi connectivity index (χ3v) is 2.68. The van der Waals surface area contributed by atoms with Gasteiger partial charge in [0.2, 0.25) is 0 Å². The van der Waals surface area contributed by atoms with Crippen LogP contribution < -0.4 is 0 Å². The lowest BCUT2D eigenvalue weighted by molar-refractivity contribution is 0.158. The van der Waals surface area contributed by atoms with E-state index in [0.717, 1.165) is 30.1 Å². The minimum Gasteiger partial charge on any atom is -0.393 e. The van der Waals surface area contributed by atoms with E-state index in [2.05, 4.69) is 23.8 Å². The van der Waals surface area contributed by atoms with Crippen molar-refractivity contribution < 1.29 is 5.11 Å². The minimum absolute atomic E-state index is 0.122. The second-order valence-corrected chi connectivity index (χ2v) is 3.94. The molecule has 0 aromatic carbocycles. The summed E-state index contributed by atoms with van der Waals surface area (Å²) < 4.78 is 0. The van der Waals surface area contributed by atoms with E-state index in [1.807, 2.05) is 19.9 Å². The zero-order chi connectivity index (χ0) is 11.4. The summed E-state index contributed by atoms with van der Waals surface area (Å²) in [4.78, 5) is 8.74. The first kappa shape index (κ1) is 12.1. The van der Waals surface area contributed by atoms with Gasteiger partial charge in [0.15, 0.2) is 0 Å². The maximum atomic E-state index is 9.66. The van der Waals surface area contributed by atoms with Gasteiger partial charge in [-0.25, -0.2) is 9.97 Å². The fourth-order valence-corrected chi connectivity index (χ4v) is 1.82. The molecule has 0 aliphatic carbocycles. The molecule has 0 fully saturated rings. The van der Waals surface area contributed by atoms with Crippen LogP contribution in [0.3, 0.4) is 0 Å². The van der Waals surface area contributed by atoms with Crippen LogP contribution in [0.5, 0.6) is 0 Å². The van der Waals surface area contributed by atoms with Gasteiger partial charge in [-0.3, -0.25) is 0 Å². The van der Waals surface area contributed by atoms with Gasteiger partial charge in [-0.05, 0) is 32.8 Å². The van der Waals surface area contributed by atoms with Crippen LogP contribution in [0.1, 0.15) is 50.3 Å². The molecule has 0 saturated carbocycles. The summed E-state index contributed by atoms with van der Waals surface area (Å²) >= 11 is 0. The van der Waals surface area contributed by atoms with Crippen molar-refractivity contribution in [3.63, 3.8) is 0 Å². The van der Waals surface area contributed by atoms with Crippen LogP contribution in [-0.2, 0) is 6.42 Å². The molecule has 0 bridgehead atoms. The summed E-state index contributed by atoms with van der Waals surface area (Å²) in [5.41, 5.74) is 2.02. The molecule has 0 aliphatic rings. The number of nitrogens with zero attached hydrogens (tertiary/aromatic N) is 2. The van der Waals surface area contributed by atoms with E-state index >= 15 is 0 Å². The van der Waals surface area contributed by atoms with E-state index in [9.17, 15) is 5.11 Å². The third kappa shape index (κ3) is 2.99. The number of aliphatic hydroxyl groups excluding tert-OH is 1. The van der Waals surface area contributed by atoms with E-state index in [1.165, 1.54) is 0 Å². The van der Waals surface area contributed by atoms with Gasteiger partial charge in [-0.15, -0.1) is 0 Å². The summed E-state index contributed by atoms with van der Waals surface area (Å²) in [6, 6.07) is 2.01. The molecular formula is C12H20N2O. The highest BCUT2D eigenvalue weighted by molar-refractivity contribution is 5.16. The van der Waals surface area contributed by atoms with Crippen molar-refractivity contribution in [2.24, 2.45) is 0 Å². The van der Waals surface area contributed by atoms with Gasteiger partial charge in [0.25, 0.3) is 0 Å². The Balaban J connectivity index is 3.06. The lowest BCUT2D eigenvalue weighted by atomic mass is 9.96. The summed E-state index contributed by atoms with van der Waals surface area (Å²) in [5.74, 6) is 0.917. The Labute approximate surface area is 91.6 Å². The van der Waals surface area contributed by atoms with Gasteiger partial charge in [0, 0.05) is 17.3 Å². The van der Waals surface area contributed by atoms with Crippen LogP contribution in [0.15, 0.2) is 6.07 Å². The highest BCUT2D eigenvalue weighted by Crippen LogP contribution is 2.22. The Morgan fingerprint density at radius 1 is 1.33 bits per heavy atom. The first-order valence-electron chi connectivity index (χ1n) is 5.61. The number of aryl methyl sites for hydroxylation is 2. The van der Waals surface area contributed by atoms with E-state index in [4.69, 9.17) is 0 Å². The molecule has 1 aromatic heterocycles. The normalized spacial score (nSPS) is 15.0. The SMILES string of the molecule is CCc1cc(C(CC)C(C)O)nc(C)n1. The summed E-state index contributed by atoms with van der Waals surface area (Å²) in [5, 5.41) is 9.66. The Morgan fingerprint density at radius 2 is 2.00 bits per heavy atom. The van der Waals surface area contributed by atoms with E-state index in [1.54, 1.807) is 0 Å². The number of rotatable bonds is 4. The van der Waals surface area contributed by atoms with Crippen molar-refractivity contribution in [2.75, 3.05) is 0 Å². The van der Waals surface area contributed by atoms with Crippen molar-refractivity contribution >= 4 is 0 Å². The lowest BCUT2D eigenvalue weighted by Gasteiger charge is -2.18. The fourth-order valence-electron chi connectivity index (χ4n) is 1.82. The Kier molecular flexibility index (Phi) is 4.21. The molecule has 2 unspecified atom stereocenters. The quantitative estimate of drug-likeness (QED) is 0.825. The van der Waals surface area contributed by atoms with Crippen molar-refractivity contribution in [3.8, 4) is 0 Å². The number of hydrogen-bond donors (Lipinski definition) is 1. The molecule has 15 heavy (non-hydrogen) atoms. The van der Waals surface area contributed by atoms with Gasteiger partial charge in [0.1, 0.15) is 5.82 Å². The Bertz CT molecular complexity index is 323. The molecule has 0 spiro atoms. The second kappa shape index (κ2) is 5.21. The van der Waals surface area contributed by atoms with Gasteiger partial charge in [-0.1, -0.05) is 13.8 Å². The number of hydrogen-bond acceptors (Lipinski definition) is 3. The zero-order valence-corrected chi connectivity index (χ0v) is 9.99. The molecule has 0 radical (unpaired) electrons. The fraction of sp³-hybridized carbons (Fsp3) is 0.667. The molecule has 2 atom stereocenters. The van der Waals surface area contributed by atoms with Crippen molar-refractivity contribution in [1.82, 2.24) is 9.97 Å². The summed E-state index contributed by atoms with van der Waals surface area (Å²) in [7, 11) is 0. The van der Waals surface area contributed by atoms with Crippen molar-refractivity contribution in [1.29, 1.82) is 0 Å². The molecule has 3 nitrogen and oxygen atoms in total. The highest BCUT2D eigenvalue weighted by atomic mass is 16.3. The van der Waals surface area contributed by atoms with Gasteiger partial charge < -0.3 is 5.11 Å². The lowest BCUT2D eigenvalue weighted by Crippen LogP contribution is -2.16. The van der Waals surface area contributed by atoms with E-state index < -0.39 is 0 Å². The molecule has 0 saturated heterocycles. The predicted octanol–water partition coefficient (Wildman–Crippen LogP) is 2.22. The summed E-state index contributed by atoms with van der Waals surface area (Å²) in [6.45, 7) is 7.87. The molecule has 1 heterocycles.